The number of hydrogen-bond acceptors (Lipinski definition) is 4. The van der Waals surface area contributed by atoms with Gasteiger partial charge in [0, 0.05) is 29.0 Å². The summed E-state index contributed by atoms with van der Waals surface area (Å²) in [5.74, 6) is -0.422. The van der Waals surface area contributed by atoms with Gasteiger partial charge in [0.15, 0.2) is 5.69 Å². The van der Waals surface area contributed by atoms with Crippen molar-refractivity contribution in [3.05, 3.63) is 41.7 Å². The standard InChI is InChI=1S/C17H18N2O3/c1-10(2)22-17(20)16-12(9-21-3)15-11-6-4-5-7-13(11)19-14(15)8-18-16/h4-8,10,19H,9H2,1-3H3. The molecule has 0 aliphatic rings. The van der Waals surface area contributed by atoms with Crippen LogP contribution in [0.2, 0.25) is 0 Å². The fourth-order valence-electron chi connectivity index (χ4n) is 2.64. The lowest BCUT2D eigenvalue weighted by molar-refractivity contribution is 0.0366. The minimum absolute atomic E-state index is 0.191. The maximum atomic E-state index is 12.3. The number of hydrogen-bond donors (Lipinski definition) is 1. The number of pyridine rings is 1. The molecule has 5 nitrogen and oxygen atoms in total. The summed E-state index contributed by atoms with van der Waals surface area (Å²) in [7, 11) is 1.60. The predicted molar refractivity (Wildman–Crippen MR) is 84.9 cm³/mol. The third kappa shape index (κ3) is 2.44. The van der Waals surface area contributed by atoms with Crippen molar-refractivity contribution < 1.29 is 14.3 Å². The molecule has 2 heterocycles. The second-order valence-electron chi connectivity index (χ2n) is 5.43. The number of carbonyl (C=O) groups excluding carboxylic acids is 1. The summed E-state index contributed by atoms with van der Waals surface area (Å²) in [4.78, 5) is 19.9. The normalized spacial score (nSPS) is 11.5. The molecule has 0 spiro atoms. The zero-order valence-electron chi connectivity index (χ0n) is 12.8. The number of aromatic amines is 1. The molecule has 0 fully saturated rings. The first-order valence-electron chi connectivity index (χ1n) is 7.20. The van der Waals surface area contributed by atoms with E-state index >= 15 is 0 Å². The molecule has 0 saturated heterocycles. The van der Waals surface area contributed by atoms with Gasteiger partial charge in [0.1, 0.15) is 0 Å². The number of aromatic nitrogens is 2. The molecule has 0 radical (unpaired) electrons. The molecule has 22 heavy (non-hydrogen) atoms. The molecule has 0 saturated carbocycles. The predicted octanol–water partition coefficient (Wildman–Crippen LogP) is 3.43. The van der Waals surface area contributed by atoms with Gasteiger partial charge < -0.3 is 14.5 Å². The molecule has 114 valence electrons. The quantitative estimate of drug-likeness (QED) is 0.749. The van der Waals surface area contributed by atoms with Gasteiger partial charge in [-0.1, -0.05) is 18.2 Å². The van der Waals surface area contributed by atoms with Crippen molar-refractivity contribution in [3.8, 4) is 0 Å². The van der Waals surface area contributed by atoms with E-state index in [0.29, 0.717) is 12.3 Å². The van der Waals surface area contributed by atoms with Crippen LogP contribution in [0.4, 0.5) is 0 Å². The summed E-state index contributed by atoms with van der Waals surface area (Å²) in [5, 5.41) is 2.01. The van der Waals surface area contributed by atoms with Crippen molar-refractivity contribution in [1.82, 2.24) is 9.97 Å². The number of nitrogens with zero attached hydrogens (tertiary/aromatic N) is 1. The first kappa shape index (κ1) is 14.5. The Bertz CT molecular complexity index is 836. The fourth-order valence-corrected chi connectivity index (χ4v) is 2.64. The Balaban J connectivity index is 2.27. The molecule has 0 atom stereocenters. The van der Waals surface area contributed by atoms with Gasteiger partial charge in [-0.2, -0.15) is 0 Å². The van der Waals surface area contributed by atoms with Crippen molar-refractivity contribution in [1.29, 1.82) is 0 Å². The van der Waals surface area contributed by atoms with Crippen molar-refractivity contribution in [2.45, 2.75) is 26.6 Å². The van der Waals surface area contributed by atoms with Gasteiger partial charge >= 0.3 is 5.97 Å². The van der Waals surface area contributed by atoms with Gasteiger partial charge in [0.05, 0.1) is 24.4 Å². The Labute approximate surface area is 128 Å². The summed E-state index contributed by atoms with van der Waals surface area (Å²) in [5.41, 5.74) is 2.95. The first-order valence-corrected chi connectivity index (χ1v) is 7.20. The monoisotopic (exact) mass is 298 g/mol. The zero-order valence-corrected chi connectivity index (χ0v) is 12.8. The molecule has 0 unspecified atom stereocenters. The molecule has 1 aromatic carbocycles. The average molecular weight is 298 g/mol. The van der Waals surface area contributed by atoms with Crippen LogP contribution in [0.1, 0.15) is 29.9 Å². The maximum Gasteiger partial charge on any atom is 0.357 e. The van der Waals surface area contributed by atoms with E-state index in [9.17, 15) is 4.79 Å². The number of rotatable bonds is 4. The minimum Gasteiger partial charge on any atom is -0.458 e. The van der Waals surface area contributed by atoms with E-state index in [2.05, 4.69) is 9.97 Å². The van der Waals surface area contributed by atoms with Gasteiger partial charge in [-0.25, -0.2) is 9.78 Å². The number of benzene rings is 1. The second kappa shape index (κ2) is 5.77. The molecule has 3 rings (SSSR count). The summed E-state index contributed by atoms with van der Waals surface area (Å²) < 4.78 is 10.6. The van der Waals surface area contributed by atoms with Crippen molar-refractivity contribution in [2.75, 3.05) is 7.11 Å². The third-order valence-electron chi connectivity index (χ3n) is 3.47. The van der Waals surface area contributed by atoms with Crippen LogP contribution in [0.15, 0.2) is 30.5 Å². The average Bonchev–Trinajstić information content (AvgIpc) is 2.85. The van der Waals surface area contributed by atoms with E-state index in [-0.39, 0.29) is 6.10 Å². The van der Waals surface area contributed by atoms with Gasteiger partial charge in [0.25, 0.3) is 0 Å². The van der Waals surface area contributed by atoms with E-state index in [1.165, 1.54) is 0 Å². The molecule has 0 aliphatic carbocycles. The molecule has 5 heteroatoms. The Morgan fingerprint density at radius 1 is 1.27 bits per heavy atom. The zero-order chi connectivity index (χ0) is 15.7. The molecule has 0 aliphatic heterocycles. The SMILES string of the molecule is COCc1c(C(=O)OC(C)C)ncc2[nH]c3ccccc3c12. The summed E-state index contributed by atoms with van der Waals surface area (Å²) in [6.45, 7) is 3.94. The molecule has 0 bridgehead atoms. The van der Waals surface area contributed by atoms with E-state index in [1.54, 1.807) is 13.3 Å². The lowest BCUT2D eigenvalue weighted by atomic mass is 10.1. The second-order valence-corrected chi connectivity index (χ2v) is 5.43. The number of esters is 1. The smallest absolute Gasteiger partial charge is 0.357 e. The number of methoxy groups -OCH3 is 1. The van der Waals surface area contributed by atoms with Crippen molar-refractivity contribution >= 4 is 27.8 Å². The largest absolute Gasteiger partial charge is 0.458 e. The first-order chi connectivity index (χ1) is 10.6. The van der Waals surface area contributed by atoms with Crippen LogP contribution in [-0.4, -0.2) is 29.2 Å². The highest BCUT2D eigenvalue weighted by molar-refractivity contribution is 6.11. The molecule has 2 aromatic heterocycles. The Hall–Kier alpha value is -2.40. The molecular weight excluding hydrogens is 280 g/mol. The van der Waals surface area contributed by atoms with Crippen LogP contribution in [-0.2, 0) is 16.1 Å². The van der Waals surface area contributed by atoms with Crippen LogP contribution < -0.4 is 0 Å². The fraction of sp³-hybridized carbons (Fsp3) is 0.294. The molecular formula is C17H18N2O3. The number of carbonyl (C=O) groups is 1. The Kier molecular flexibility index (Phi) is 3.81. The number of fused-ring (bicyclic) bond motifs is 3. The summed E-state index contributed by atoms with van der Waals surface area (Å²) in [6, 6.07) is 7.96. The van der Waals surface area contributed by atoms with Crippen LogP contribution in [0.25, 0.3) is 21.8 Å². The maximum absolute atomic E-state index is 12.3. The van der Waals surface area contributed by atoms with Crippen LogP contribution in [0, 0.1) is 0 Å². The highest BCUT2D eigenvalue weighted by Gasteiger charge is 2.20. The van der Waals surface area contributed by atoms with Crippen molar-refractivity contribution in [2.24, 2.45) is 0 Å². The minimum atomic E-state index is -0.422. The van der Waals surface area contributed by atoms with Crippen LogP contribution in [0.5, 0.6) is 0 Å². The van der Waals surface area contributed by atoms with Crippen molar-refractivity contribution in [3.63, 3.8) is 0 Å². The Morgan fingerprint density at radius 3 is 2.77 bits per heavy atom. The van der Waals surface area contributed by atoms with Gasteiger partial charge in [-0.05, 0) is 19.9 Å². The summed E-state index contributed by atoms with van der Waals surface area (Å²) in [6.07, 6.45) is 1.48. The highest BCUT2D eigenvalue weighted by atomic mass is 16.5. The third-order valence-corrected chi connectivity index (χ3v) is 3.47. The Morgan fingerprint density at radius 2 is 2.05 bits per heavy atom. The van der Waals surface area contributed by atoms with Crippen LogP contribution >= 0.6 is 0 Å². The number of para-hydroxylation sites is 1. The molecule has 0 amide bonds. The lowest BCUT2D eigenvalue weighted by Gasteiger charge is -2.11. The molecule has 3 aromatic rings. The van der Waals surface area contributed by atoms with E-state index in [0.717, 1.165) is 27.4 Å². The van der Waals surface area contributed by atoms with E-state index < -0.39 is 5.97 Å². The van der Waals surface area contributed by atoms with Gasteiger partial charge in [-0.3, -0.25) is 0 Å². The van der Waals surface area contributed by atoms with E-state index in [4.69, 9.17) is 9.47 Å². The van der Waals surface area contributed by atoms with Gasteiger partial charge in [-0.15, -0.1) is 0 Å². The van der Waals surface area contributed by atoms with Crippen LogP contribution in [0.3, 0.4) is 0 Å². The topological polar surface area (TPSA) is 64.2 Å². The highest BCUT2D eigenvalue weighted by Crippen LogP contribution is 2.30. The number of H-pyrrole nitrogens is 1. The molecule has 1 N–H and O–H groups in total. The van der Waals surface area contributed by atoms with Gasteiger partial charge in [0.2, 0.25) is 0 Å². The number of ether oxygens (including phenoxy) is 2. The van der Waals surface area contributed by atoms with E-state index in [1.807, 2.05) is 38.1 Å². The lowest BCUT2D eigenvalue weighted by Crippen LogP contribution is -2.15. The summed E-state index contributed by atoms with van der Waals surface area (Å²) >= 11 is 0. The number of nitrogens with one attached hydrogen (secondary N) is 1.